The third-order valence-corrected chi connectivity index (χ3v) is 5.42. The number of para-hydroxylation sites is 1. The normalized spacial score (nSPS) is 16.8. The molecule has 1 amide bonds. The number of carbonyl (C=O) groups is 1. The number of benzene rings is 1. The van der Waals surface area contributed by atoms with Crippen LogP contribution < -0.4 is 0 Å². The number of hydrogen-bond acceptors (Lipinski definition) is 7. The highest BCUT2D eigenvalue weighted by atomic mass is 19.4. The maximum absolute atomic E-state index is 14.2. The van der Waals surface area contributed by atoms with Crippen molar-refractivity contribution in [2.24, 2.45) is 0 Å². The second-order valence-corrected chi connectivity index (χ2v) is 8.31. The molecule has 34 heavy (non-hydrogen) atoms. The summed E-state index contributed by atoms with van der Waals surface area (Å²) in [6, 6.07) is 2.91. The van der Waals surface area contributed by atoms with Crippen LogP contribution in [-0.2, 0) is 18.2 Å². The SMILES string of the molecule is CC(C)(O)c1nc(C(F)(F)F)c(C(=O)N2CCc3[nH]cnc3[C@H]2c2nc3c(F)cccc3o2)o1. The zero-order chi connectivity index (χ0) is 24.4. The summed E-state index contributed by atoms with van der Waals surface area (Å²) < 4.78 is 66.2. The number of amides is 1. The van der Waals surface area contributed by atoms with Gasteiger partial charge in [-0.1, -0.05) is 6.07 Å². The first-order valence-electron chi connectivity index (χ1n) is 10.1. The molecule has 0 saturated heterocycles. The highest BCUT2D eigenvalue weighted by molar-refractivity contribution is 5.93. The number of oxazole rings is 2. The molecule has 0 unspecified atom stereocenters. The molecule has 1 aliphatic heterocycles. The zero-order valence-electron chi connectivity index (χ0n) is 17.8. The van der Waals surface area contributed by atoms with Crippen LogP contribution in [0.25, 0.3) is 11.1 Å². The molecule has 4 aromatic rings. The summed E-state index contributed by atoms with van der Waals surface area (Å²) in [5, 5.41) is 10.1. The quantitative estimate of drug-likeness (QED) is 0.430. The van der Waals surface area contributed by atoms with Crippen LogP contribution in [0.2, 0.25) is 0 Å². The average Bonchev–Trinajstić information content (AvgIpc) is 3.48. The lowest BCUT2D eigenvalue weighted by molar-refractivity contribution is -0.141. The summed E-state index contributed by atoms with van der Waals surface area (Å²) in [6.45, 7) is 2.31. The van der Waals surface area contributed by atoms with E-state index in [-0.39, 0.29) is 30.0 Å². The fourth-order valence-electron chi connectivity index (χ4n) is 3.84. The molecule has 9 nitrogen and oxygen atoms in total. The van der Waals surface area contributed by atoms with Crippen LogP contribution in [0.4, 0.5) is 17.6 Å². The van der Waals surface area contributed by atoms with Gasteiger partial charge in [0.05, 0.1) is 12.0 Å². The van der Waals surface area contributed by atoms with Gasteiger partial charge in [-0.2, -0.15) is 13.2 Å². The maximum Gasteiger partial charge on any atom is 0.437 e. The number of nitrogens with one attached hydrogen (secondary N) is 1. The smallest absolute Gasteiger partial charge is 0.437 e. The summed E-state index contributed by atoms with van der Waals surface area (Å²) in [7, 11) is 0. The van der Waals surface area contributed by atoms with Crippen LogP contribution in [0.5, 0.6) is 0 Å². The zero-order valence-corrected chi connectivity index (χ0v) is 17.8. The van der Waals surface area contributed by atoms with E-state index in [2.05, 4.69) is 19.9 Å². The fourth-order valence-corrected chi connectivity index (χ4v) is 3.84. The number of halogens is 4. The Balaban J connectivity index is 1.65. The molecule has 3 aromatic heterocycles. The number of imidazole rings is 1. The number of aromatic amines is 1. The Morgan fingerprint density at radius 3 is 2.68 bits per heavy atom. The Hall–Kier alpha value is -3.74. The van der Waals surface area contributed by atoms with Crippen LogP contribution >= 0.6 is 0 Å². The first-order valence-corrected chi connectivity index (χ1v) is 10.1. The predicted octanol–water partition coefficient (Wildman–Crippen LogP) is 3.71. The summed E-state index contributed by atoms with van der Waals surface area (Å²) in [5.74, 6) is -3.70. The predicted molar refractivity (Wildman–Crippen MR) is 106 cm³/mol. The van der Waals surface area contributed by atoms with Gasteiger partial charge in [0.1, 0.15) is 11.1 Å². The highest BCUT2D eigenvalue weighted by Crippen LogP contribution is 2.39. The van der Waals surface area contributed by atoms with E-state index >= 15 is 0 Å². The Labute approximate surface area is 188 Å². The lowest BCUT2D eigenvalue weighted by Crippen LogP contribution is -2.41. The molecule has 1 atom stereocenters. The summed E-state index contributed by atoms with van der Waals surface area (Å²) >= 11 is 0. The molecule has 178 valence electrons. The number of rotatable bonds is 3. The van der Waals surface area contributed by atoms with E-state index in [0.717, 1.165) is 4.90 Å². The van der Waals surface area contributed by atoms with E-state index in [0.29, 0.717) is 11.4 Å². The molecule has 2 N–H and O–H groups in total. The van der Waals surface area contributed by atoms with E-state index < -0.39 is 46.9 Å². The van der Waals surface area contributed by atoms with E-state index in [4.69, 9.17) is 8.83 Å². The highest BCUT2D eigenvalue weighted by Gasteiger charge is 2.46. The number of carbonyl (C=O) groups excluding carboxylic acids is 1. The topological polar surface area (TPSA) is 121 Å². The van der Waals surface area contributed by atoms with Gasteiger partial charge in [0, 0.05) is 18.7 Å². The Morgan fingerprint density at radius 2 is 2.00 bits per heavy atom. The van der Waals surface area contributed by atoms with Crippen molar-refractivity contribution in [3.8, 4) is 0 Å². The number of aliphatic hydroxyl groups is 1. The van der Waals surface area contributed by atoms with Crippen LogP contribution in [0.15, 0.2) is 33.4 Å². The van der Waals surface area contributed by atoms with Crippen molar-refractivity contribution < 1.29 is 36.3 Å². The van der Waals surface area contributed by atoms with Crippen LogP contribution in [-0.4, -0.2) is 42.4 Å². The Morgan fingerprint density at radius 1 is 1.24 bits per heavy atom. The third kappa shape index (κ3) is 3.52. The van der Waals surface area contributed by atoms with Crippen molar-refractivity contribution in [1.82, 2.24) is 24.8 Å². The Kier molecular flexibility index (Phi) is 4.79. The molecule has 1 aliphatic rings. The van der Waals surface area contributed by atoms with Gasteiger partial charge in [-0.15, -0.1) is 0 Å². The van der Waals surface area contributed by atoms with Gasteiger partial charge < -0.3 is 23.8 Å². The first kappa shape index (κ1) is 22.1. The van der Waals surface area contributed by atoms with Gasteiger partial charge in [0.25, 0.3) is 5.91 Å². The molecule has 13 heteroatoms. The third-order valence-electron chi connectivity index (χ3n) is 5.42. The monoisotopic (exact) mass is 479 g/mol. The molecular weight excluding hydrogens is 462 g/mol. The van der Waals surface area contributed by atoms with Crippen molar-refractivity contribution in [1.29, 1.82) is 0 Å². The van der Waals surface area contributed by atoms with Crippen LogP contribution in [0.1, 0.15) is 59.3 Å². The second kappa shape index (κ2) is 7.38. The molecule has 5 rings (SSSR count). The minimum Gasteiger partial charge on any atom is -0.438 e. The molecule has 0 spiro atoms. The molecule has 0 bridgehead atoms. The van der Waals surface area contributed by atoms with Gasteiger partial charge in [0.2, 0.25) is 17.5 Å². The standard InChI is InChI=1S/C21H17F4N5O4/c1-20(2,32)19-29-16(21(23,24)25)15(34-19)18(31)30-7-6-10-13(27-8-26-10)14(30)17-28-12-9(22)4-3-5-11(12)33-17/h3-5,8,14,32H,6-7H2,1-2H3,(H,26,27)/t14-/m0/s1. The molecule has 0 fully saturated rings. The number of aromatic nitrogens is 4. The van der Waals surface area contributed by atoms with Crippen molar-refractivity contribution in [3.05, 3.63) is 65.0 Å². The average molecular weight is 479 g/mol. The number of hydrogen-bond donors (Lipinski definition) is 2. The number of nitrogens with zero attached hydrogens (tertiary/aromatic N) is 4. The van der Waals surface area contributed by atoms with Crippen molar-refractivity contribution in [3.63, 3.8) is 0 Å². The molecule has 0 radical (unpaired) electrons. The van der Waals surface area contributed by atoms with Gasteiger partial charge in [-0.25, -0.2) is 19.3 Å². The van der Waals surface area contributed by atoms with Crippen molar-refractivity contribution >= 4 is 17.0 Å². The molecular formula is C21H17F4N5O4. The molecule has 1 aromatic carbocycles. The van der Waals surface area contributed by atoms with Gasteiger partial charge >= 0.3 is 6.18 Å². The van der Waals surface area contributed by atoms with E-state index in [1.54, 1.807) is 0 Å². The van der Waals surface area contributed by atoms with Gasteiger partial charge in [-0.05, 0) is 26.0 Å². The van der Waals surface area contributed by atoms with Gasteiger partial charge in [0.15, 0.2) is 23.1 Å². The van der Waals surface area contributed by atoms with E-state index in [1.807, 2.05) is 0 Å². The largest absolute Gasteiger partial charge is 0.438 e. The second-order valence-electron chi connectivity index (χ2n) is 8.31. The molecule has 0 aliphatic carbocycles. The fraction of sp³-hybridized carbons (Fsp3) is 0.333. The Bertz CT molecular complexity index is 1400. The summed E-state index contributed by atoms with van der Waals surface area (Å²) in [6.07, 6.45) is -3.40. The van der Waals surface area contributed by atoms with Crippen LogP contribution in [0.3, 0.4) is 0 Å². The van der Waals surface area contributed by atoms with Crippen LogP contribution in [0, 0.1) is 5.82 Å². The number of alkyl halides is 3. The number of H-pyrrole nitrogens is 1. The first-order chi connectivity index (χ1) is 15.9. The number of fused-ring (bicyclic) bond motifs is 2. The van der Waals surface area contributed by atoms with Crippen molar-refractivity contribution in [2.75, 3.05) is 6.54 Å². The van der Waals surface area contributed by atoms with E-state index in [9.17, 15) is 27.5 Å². The summed E-state index contributed by atoms with van der Waals surface area (Å²) in [5.41, 5.74) is -2.50. The van der Waals surface area contributed by atoms with E-state index in [1.165, 1.54) is 38.4 Å². The van der Waals surface area contributed by atoms with Crippen molar-refractivity contribution in [2.45, 2.75) is 38.1 Å². The lowest BCUT2D eigenvalue weighted by Gasteiger charge is -2.32. The minimum absolute atomic E-state index is 0.0459. The lowest BCUT2D eigenvalue weighted by atomic mass is 10.0. The minimum atomic E-state index is -5.03. The van der Waals surface area contributed by atoms with Gasteiger partial charge in [-0.3, -0.25) is 4.79 Å². The maximum atomic E-state index is 14.2. The molecule has 4 heterocycles. The summed E-state index contributed by atoms with van der Waals surface area (Å²) in [4.78, 5) is 29.1. The molecule has 0 saturated carbocycles.